The minimum absolute atomic E-state index is 0.265. The number of aromatic nitrogens is 2. The predicted molar refractivity (Wildman–Crippen MR) is 125 cm³/mol. The van der Waals surface area contributed by atoms with Crippen LogP contribution in [0.1, 0.15) is 36.7 Å². The molecule has 3 heterocycles. The number of nitrogens with one attached hydrogen (secondary N) is 1. The number of pyridine rings is 2. The lowest BCUT2D eigenvalue weighted by molar-refractivity contribution is 0.0636. The Bertz CT molecular complexity index is 1350. The largest absolute Gasteiger partial charge is 0.444 e. The van der Waals surface area contributed by atoms with Gasteiger partial charge in [-0.2, -0.15) is 0 Å². The number of hydrogen-bond donors (Lipinski definition) is 1. The first-order valence-electron chi connectivity index (χ1n) is 9.93. The normalized spacial score (nSPS) is 11.3. The van der Waals surface area contributed by atoms with E-state index in [2.05, 4.69) is 10.3 Å². The Balaban J connectivity index is 1.93. The van der Waals surface area contributed by atoms with Crippen molar-refractivity contribution in [3.63, 3.8) is 0 Å². The molecule has 0 radical (unpaired) electrons. The molecule has 32 heavy (non-hydrogen) atoms. The summed E-state index contributed by atoms with van der Waals surface area (Å²) in [5.41, 5.74) is 0.363. The fourth-order valence-electron chi connectivity index (χ4n) is 3.26. The number of nitrogens with zero attached hydrogens (tertiary/aromatic N) is 2. The molecule has 1 amide bonds. The van der Waals surface area contributed by atoms with E-state index in [1.807, 2.05) is 6.07 Å². The second kappa shape index (κ2) is 8.39. The van der Waals surface area contributed by atoms with E-state index in [9.17, 15) is 14.4 Å². The summed E-state index contributed by atoms with van der Waals surface area (Å²) in [6.45, 7) is 5.27. The Hall–Kier alpha value is -3.78. The van der Waals surface area contributed by atoms with Gasteiger partial charge in [0.1, 0.15) is 15.4 Å². The van der Waals surface area contributed by atoms with Crippen molar-refractivity contribution in [2.75, 3.05) is 5.32 Å². The summed E-state index contributed by atoms with van der Waals surface area (Å²) in [5.74, 6) is -0.265. The van der Waals surface area contributed by atoms with Gasteiger partial charge in [-0.05, 0) is 39.0 Å². The summed E-state index contributed by atoms with van der Waals surface area (Å²) >= 11 is 1.14. The van der Waals surface area contributed by atoms with Gasteiger partial charge >= 0.3 is 6.09 Å². The van der Waals surface area contributed by atoms with E-state index in [1.165, 1.54) is 10.6 Å². The van der Waals surface area contributed by atoms with E-state index in [1.54, 1.807) is 75.6 Å². The van der Waals surface area contributed by atoms with E-state index >= 15 is 0 Å². The summed E-state index contributed by atoms with van der Waals surface area (Å²) < 4.78 is 6.86. The van der Waals surface area contributed by atoms with Crippen molar-refractivity contribution in [2.45, 2.75) is 26.4 Å². The standard InChI is InChI=1S/C24H21N3O4S/c1-24(2,3)31-23(30)26-21-19(20(29)15-8-5-4-6-9-15)17-11-12-18(28)27(22(17)32-21)16-10-7-13-25-14-16/h4-14H,1-3H3,(H,26,30). The van der Waals surface area contributed by atoms with Gasteiger partial charge < -0.3 is 4.74 Å². The molecule has 0 fully saturated rings. The van der Waals surface area contributed by atoms with Crippen molar-refractivity contribution >= 4 is 38.4 Å². The van der Waals surface area contributed by atoms with Gasteiger partial charge in [0, 0.05) is 23.2 Å². The molecule has 0 unspecified atom stereocenters. The van der Waals surface area contributed by atoms with Crippen LogP contribution >= 0.6 is 11.3 Å². The van der Waals surface area contributed by atoms with Crippen LogP contribution in [0.3, 0.4) is 0 Å². The quantitative estimate of drug-likeness (QED) is 0.444. The van der Waals surface area contributed by atoms with Crippen molar-refractivity contribution < 1.29 is 14.3 Å². The Morgan fingerprint density at radius 2 is 1.78 bits per heavy atom. The molecule has 0 saturated carbocycles. The fraction of sp³-hybridized carbons (Fsp3) is 0.167. The fourth-order valence-corrected chi connectivity index (χ4v) is 4.46. The highest BCUT2D eigenvalue weighted by Gasteiger charge is 2.25. The number of amides is 1. The Morgan fingerprint density at radius 3 is 2.44 bits per heavy atom. The molecule has 4 aromatic rings. The van der Waals surface area contributed by atoms with Gasteiger partial charge in [0.05, 0.1) is 17.4 Å². The average molecular weight is 448 g/mol. The highest BCUT2D eigenvalue weighted by atomic mass is 32.1. The zero-order valence-corrected chi connectivity index (χ0v) is 18.6. The minimum atomic E-state index is -0.706. The van der Waals surface area contributed by atoms with Crippen LogP contribution in [0.4, 0.5) is 9.80 Å². The lowest BCUT2D eigenvalue weighted by Crippen LogP contribution is -2.27. The molecular weight excluding hydrogens is 426 g/mol. The summed E-state index contributed by atoms with van der Waals surface area (Å²) in [4.78, 5) is 43.3. The van der Waals surface area contributed by atoms with Crippen molar-refractivity contribution in [3.8, 4) is 5.69 Å². The molecule has 0 bridgehead atoms. The summed E-state index contributed by atoms with van der Waals surface area (Å²) in [5, 5.41) is 3.58. The molecule has 3 aromatic heterocycles. The lowest BCUT2D eigenvalue weighted by atomic mass is 10.0. The van der Waals surface area contributed by atoms with E-state index in [0.29, 0.717) is 32.0 Å². The molecule has 1 N–H and O–H groups in total. The van der Waals surface area contributed by atoms with Gasteiger partial charge in [0.2, 0.25) is 0 Å². The minimum Gasteiger partial charge on any atom is -0.444 e. The van der Waals surface area contributed by atoms with Crippen LogP contribution in [0.25, 0.3) is 15.9 Å². The van der Waals surface area contributed by atoms with Crippen molar-refractivity contribution in [3.05, 3.63) is 88.5 Å². The Morgan fingerprint density at radius 1 is 1.03 bits per heavy atom. The average Bonchev–Trinajstić information content (AvgIpc) is 3.10. The van der Waals surface area contributed by atoms with Crippen LogP contribution in [0.5, 0.6) is 0 Å². The number of hydrogen-bond acceptors (Lipinski definition) is 6. The van der Waals surface area contributed by atoms with E-state index in [0.717, 1.165) is 11.3 Å². The molecule has 8 heteroatoms. The van der Waals surface area contributed by atoms with Gasteiger partial charge in [-0.15, -0.1) is 0 Å². The van der Waals surface area contributed by atoms with E-state index in [4.69, 9.17) is 4.74 Å². The molecule has 0 aliphatic rings. The van der Waals surface area contributed by atoms with Crippen molar-refractivity contribution in [1.29, 1.82) is 0 Å². The maximum absolute atomic E-state index is 13.5. The first-order chi connectivity index (χ1) is 15.2. The number of carbonyl (C=O) groups is 2. The SMILES string of the molecule is CC(C)(C)OC(=O)Nc1sc2c(ccc(=O)n2-c2cccnc2)c1C(=O)c1ccccc1. The van der Waals surface area contributed by atoms with Gasteiger partial charge in [-0.3, -0.25) is 24.5 Å². The smallest absolute Gasteiger partial charge is 0.412 e. The predicted octanol–water partition coefficient (Wildman–Crippen LogP) is 5.03. The number of thiophene rings is 1. The van der Waals surface area contributed by atoms with Crippen molar-refractivity contribution in [1.82, 2.24) is 9.55 Å². The molecule has 0 aliphatic carbocycles. The topological polar surface area (TPSA) is 90.3 Å². The zero-order valence-electron chi connectivity index (χ0n) is 17.8. The van der Waals surface area contributed by atoms with Crippen LogP contribution in [0, 0.1) is 0 Å². The Kier molecular flexibility index (Phi) is 5.63. The zero-order chi connectivity index (χ0) is 22.9. The first-order valence-corrected chi connectivity index (χ1v) is 10.7. The number of ketones is 1. The van der Waals surface area contributed by atoms with Crippen LogP contribution in [-0.2, 0) is 4.74 Å². The number of carbonyl (C=O) groups excluding carboxylic acids is 2. The molecule has 1 aromatic carbocycles. The maximum atomic E-state index is 13.5. The first kappa shape index (κ1) is 21.5. The van der Waals surface area contributed by atoms with Crippen LogP contribution < -0.4 is 10.9 Å². The highest BCUT2D eigenvalue weighted by molar-refractivity contribution is 7.23. The molecule has 0 spiro atoms. The molecular formula is C24H21N3O4S. The van der Waals surface area contributed by atoms with Gasteiger partial charge in [0.15, 0.2) is 5.78 Å². The highest BCUT2D eigenvalue weighted by Crippen LogP contribution is 2.37. The molecule has 0 aliphatic heterocycles. The summed E-state index contributed by atoms with van der Waals surface area (Å²) in [6, 6.07) is 15.3. The molecule has 0 atom stereocenters. The maximum Gasteiger partial charge on any atom is 0.412 e. The third-order valence-corrected chi connectivity index (χ3v) is 5.63. The van der Waals surface area contributed by atoms with E-state index < -0.39 is 11.7 Å². The molecule has 0 saturated heterocycles. The van der Waals surface area contributed by atoms with Gasteiger partial charge in [-0.1, -0.05) is 41.7 Å². The van der Waals surface area contributed by atoms with Crippen LogP contribution in [0.2, 0.25) is 0 Å². The third kappa shape index (κ3) is 4.31. The van der Waals surface area contributed by atoms with Crippen LogP contribution in [0.15, 0.2) is 71.8 Å². The summed E-state index contributed by atoms with van der Waals surface area (Å²) in [7, 11) is 0. The Labute approximate surface area is 188 Å². The monoisotopic (exact) mass is 447 g/mol. The molecule has 7 nitrogen and oxygen atoms in total. The van der Waals surface area contributed by atoms with Crippen LogP contribution in [-0.4, -0.2) is 27.0 Å². The van der Waals surface area contributed by atoms with Crippen molar-refractivity contribution in [2.24, 2.45) is 0 Å². The number of benzene rings is 1. The lowest BCUT2D eigenvalue weighted by Gasteiger charge is -2.19. The number of fused-ring (bicyclic) bond motifs is 1. The molecule has 4 rings (SSSR count). The summed E-state index contributed by atoms with van der Waals surface area (Å²) in [6.07, 6.45) is 2.50. The van der Waals surface area contributed by atoms with Gasteiger partial charge in [0.25, 0.3) is 5.56 Å². The third-order valence-electron chi connectivity index (χ3n) is 4.52. The second-order valence-electron chi connectivity index (χ2n) is 8.07. The van der Waals surface area contributed by atoms with E-state index in [-0.39, 0.29) is 11.3 Å². The number of ether oxygens (including phenoxy) is 1. The molecule has 162 valence electrons. The second-order valence-corrected chi connectivity index (χ2v) is 9.06. The van der Waals surface area contributed by atoms with Gasteiger partial charge in [-0.25, -0.2) is 4.79 Å². The number of rotatable bonds is 4. The number of anilines is 1.